The van der Waals surface area contributed by atoms with Crippen molar-refractivity contribution in [3.05, 3.63) is 23.2 Å². The van der Waals surface area contributed by atoms with Crippen molar-refractivity contribution in [1.29, 1.82) is 0 Å². The molecule has 0 aliphatic carbocycles. The lowest BCUT2D eigenvalue weighted by molar-refractivity contribution is -0.127. The lowest BCUT2D eigenvalue weighted by atomic mass is 10.3. The van der Waals surface area contributed by atoms with Crippen molar-refractivity contribution < 1.29 is 13.2 Å². The topological polar surface area (TPSA) is 78.8 Å². The number of likely N-dealkylation sites (tertiary alicyclic amines) is 1. The summed E-state index contributed by atoms with van der Waals surface area (Å²) < 4.78 is 28.0. The predicted molar refractivity (Wildman–Crippen MR) is 88.0 cm³/mol. The molecule has 9 heteroatoms. The van der Waals surface area contributed by atoms with E-state index in [-0.39, 0.29) is 21.7 Å². The summed E-state index contributed by atoms with van der Waals surface area (Å²) in [5.41, 5.74) is 0.426. The van der Waals surface area contributed by atoms with Crippen molar-refractivity contribution >= 4 is 50.1 Å². The minimum atomic E-state index is -3.79. The molecule has 0 saturated carbocycles. The molecule has 1 fully saturated rings. The number of anilines is 1. The summed E-state index contributed by atoms with van der Waals surface area (Å²) >= 11 is 6.92. The van der Waals surface area contributed by atoms with E-state index in [4.69, 9.17) is 11.6 Å². The van der Waals surface area contributed by atoms with Crippen molar-refractivity contribution in [2.75, 3.05) is 24.2 Å². The second-order valence-electron chi connectivity index (χ2n) is 5.01. The minimum Gasteiger partial charge on any atom is -0.342 e. The molecule has 1 aromatic carbocycles. The Morgan fingerprint density at radius 2 is 2.09 bits per heavy atom. The quantitative estimate of drug-likeness (QED) is 0.875. The van der Waals surface area contributed by atoms with Crippen molar-refractivity contribution in [2.24, 2.45) is 4.40 Å². The first-order chi connectivity index (χ1) is 10.5. The Labute approximate surface area is 138 Å². The molecule has 0 unspecified atom stereocenters. The fraction of sp³-hybridized carbons (Fsp3) is 0.385. The molecule has 22 heavy (non-hydrogen) atoms. The van der Waals surface area contributed by atoms with Crippen LogP contribution in [-0.2, 0) is 14.8 Å². The van der Waals surface area contributed by atoms with Gasteiger partial charge in [0.15, 0.2) is 5.17 Å². The van der Waals surface area contributed by atoms with Crippen LogP contribution in [0.5, 0.6) is 0 Å². The third-order valence-corrected chi connectivity index (χ3v) is 5.98. The van der Waals surface area contributed by atoms with Crippen molar-refractivity contribution in [2.45, 2.75) is 17.7 Å². The summed E-state index contributed by atoms with van der Waals surface area (Å²) in [6.07, 6.45) is 2.05. The van der Waals surface area contributed by atoms with Gasteiger partial charge in [0.25, 0.3) is 10.0 Å². The molecule has 0 bridgehead atoms. The molecule has 1 N–H and O–H groups in total. The third kappa shape index (κ3) is 3.23. The van der Waals surface area contributed by atoms with Crippen LogP contribution in [0, 0.1) is 0 Å². The van der Waals surface area contributed by atoms with Gasteiger partial charge in [-0.2, -0.15) is 8.42 Å². The molecule has 3 rings (SSSR count). The van der Waals surface area contributed by atoms with E-state index in [1.54, 1.807) is 17.0 Å². The summed E-state index contributed by atoms with van der Waals surface area (Å²) in [4.78, 5) is 13.8. The molecule has 1 aromatic rings. The van der Waals surface area contributed by atoms with Gasteiger partial charge in [0.1, 0.15) is 4.90 Å². The highest BCUT2D eigenvalue weighted by Crippen LogP contribution is 2.31. The maximum Gasteiger partial charge on any atom is 0.286 e. The highest BCUT2D eigenvalue weighted by atomic mass is 35.5. The van der Waals surface area contributed by atoms with Crippen LogP contribution >= 0.6 is 23.4 Å². The average molecular weight is 360 g/mol. The Bertz CT molecular complexity index is 743. The Kier molecular flexibility index (Phi) is 4.33. The van der Waals surface area contributed by atoms with Gasteiger partial charge in [0.05, 0.1) is 11.4 Å². The monoisotopic (exact) mass is 359 g/mol. The summed E-state index contributed by atoms with van der Waals surface area (Å²) in [7, 11) is -3.79. The van der Waals surface area contributed by atoms with Gasteiger partial charge >= 0.3 is 0 Å². The van der Waals surface area contributed by atoms with E-state index in [9.17, 15) is 13.2 Å². The summed E-state index contributed by atoms with van der Waals surface area (Å²) in [6, 6.07) is 4.55. The molecule has 1 amide bonds. The number of hydrogen-bond acceptors (Lipinski definition) is 5. The number of thioether (sulfide) groups is 1. The van der Waals surface area contributed by atoms with E-state index in [1.165, 1.54) is 6.07 Å². The van der Waals surface area contributed by atoms with Gasteiger partial charge in [-0.15, -0.1) is 4.40 Å². The number of hydrogen-bond donors (Lipinski definition) is 1. The number of amidine groups is 1. The molecule has 1 saturated heterocycles. The number of carbonyl (C=O) groups is 1. The molecule has 2 heterocycles. The molecule has 0 aromatic heterocycles. The zero-order chi connectivity index (χ0) is 15.7. The number of carbonyl (C=O) groups excluding carboxylic acids is 1. The van der Waals surface area contributed by atoms with E-state index in [2.05, 4.69) is 9.71 Å². The Hall–Kier alpha value is -1.25. The number of benzene rings is 1. The third-order valence-electron chi connectivity index (χ3n) is 3.46. The second-order valence-corrected chi connectivity index (χ2v) is 7.99. The molecule has 0 spiro atoms. The molecule has 118 valence electrons. The van der Waals surface area contributed by atoms with Gasteiger partial charge in [-0.3, -0.25) is 4.79 Å². The maximum atomic E-state index is 12.1. The Morgan fingerprint density at radius 3 is 2.82 bits per heavy atom. The van der Waals surface area contributed by atoms with Crippen LogP contribution in [0.2, 0.25) is 5.02 Å². The standard InChI is InChI=1S/C13H14ClN3O3S2/c14-9-3-4-10-11(7-9)22(19,20)16-13(15-10)21-8-12(18)17-5-1-2-6-17/h3-4,7H,1-2,5-6,8H2,(H,15,16). The smallest absolute Gasteiger partial charge is 0.286 e. The average Bonchev–Trinajstić information content (AvgIpc) is 2.99. The number of sulfonamides is 1. The Morgan fingerprint density at radius 1 is 1.36 bits per heavy atom. The molecule has 6 nitrogen and oxygen atoms in total. The zero-order valence-corrected chi connectivity index (χ0v) is 14.0. The summed E-state index contributed by atoms with van der Waals surface area (Å²) in [5.74, 6) is 0.177. The highest BCUT2D eigenvalue weighted by Gasteiger charge is 2.26. The van der Waals surface area contributed by atoms with E-state index in [0.717, 1.165) is 37.7 Å². The molecule has 0 radical (unpaired) electrons. The first kappa shape index (κ1) is 15.6. The van der Waals surface area contributed by atoms with Crippen LogP contribution in [0.25, 0.3) is 0 Å². The second kappa shape index (κ2) is 6.10. The number of nitrogens with one attached hydrogen (secondary N) is 1. The van der Waals surface area contributed by atoms with Crippen LogP contribution in [0.4, 0.5) is 5.69 Å². The lowest BCUT2D eigenvalue weighted by Crippen LogP contribution is -2.30. The maximum absolute atomic E-state index is 12.1. The van der Waals surface area contributed by atoms with Crippen molar-refractivity contribution in [3.8, 4) is 0 Å². The van der Waals surface area contributed by atoms with Gasteiger partial charge in [0.2, 0.25) is 5.91 Å². The first-order valence-electron chi connectivity index (χ1n) is 6.78. The van der Waals surface area contributed by atoms with E-state index < -0.39 is 10.0 Å². The zero-order valence-electron chi connectivity index (χ0n) is 11.6. The van der Waals surface area contributed by atoms with Crippen LogP contribution in [0.1, 0.15) is 12.8 Å². The summed E-state index contributed by atoms with van der Waals surface area (Å²) in [5, 5.41) is 3.47. The molecular formula is C13H14ClN3O3S2. The predicted octanol–water partition coefficient (Wildman–Crippen LogP) is 2.17. The number of nitrogens with zero attached hydrogens (tertiary/aromatic N) is 2. The molecule has 2 aliphatic heterocycles. The largest absolute Gasteiger partial charge is 0.342 e. The normalized spacial score (nSPS) is 19.3. The number of amides is 1. The fourth-order valence-corrected chi connectivity index (χ4v) is 4.76. The van der Waals surface area contributed by atoms with E-state index in [0.29, 0.717) is 10.7 Å². The van der Waals surface area contributed by atoms with Crippen LogP contribution in [0.15, 0.2) is 27.5 Å². The number of fused-ring (bicyclic) bond motifs is 1. The molecular weight excluding hydrogens is 346 g/mol. The fourth-order valence-electron chi connectivity index (χ4n) is 2.36. The van der Waals surface area contributed by atoms with Crippen LogP contribution in [0.3, 0.4) is 0 Å². The van der Waals surface area contributed by atoms with Crippen molar-refractivity contribution in [1.82, 2.24) is 4.90 Å². The van der Waals surface area contributed by atoms with E-state index in [1.807, 2.05) is 0 Å². The summed E-state index contributed by atoms with van der Waals surface area (Å²) in [6.45, 7) is 1.55. The number of rotatable bonds is 2. The van der Waals surface area contributed by atoms with Gasteiger partial charge in [0, 0.05) is 18.1 Å². The SMILES string of the molecule is O=C(CSC1=NS(=O)(=O)c2cc(Cl)ccc2N1)N1CCCC1. The molecule has 0 atom stereocenters. The first-order valence-corrected chi connectivity index (χ1v) is 9.58. The molecule has 2 aliphatic rings. The minimum absolute atomic E-state index is 0.00583. The Balaban J connectivity index is 1.72. The lowest BCUT2D eigenvalue weighted by Gasteiger charge is -2.19. The number of halogens is 1. The van der Waals surface area contributed by atoms with Gasteiger partial charge in [-0.1, -0.05) is 23.4 Å². The van der Waals surface area contributed by atoms with Gasteiger partial charge in [-0.25, -0.2) is 0 Å². The van der Waals surface area contributed by atoms with Crippen LogP contribution < -0.4 is 5.32 Å². The highest BCUT2D eigenvalue weighted by molar-refractivity contribution is 8.15. The van der Waals surface area contributed by atoms with Crippen LogP contribution in [-0.4, -0.2) is 43.2 Å². The van der Waals surface area contributed by atoms with Gasteiger partial charge in [-0.05, 0) is 31.0 Å². The van der Waals surface area contributed by atoms with E-state index >= 15 is 0 Å². The van der Waals surface area contributed by atoms with Gasteiger partial charge < -0.3 is 10.2 Å². The van der Waals surface area contributed by atoms with Crippen molar-refractivity contribution in [3.63, 3.8) is 0 Å².